The van der Waals surface area contributed by atoms with Gasteiger partial charge < -0.3 is 16.0 Å². The zero-order valence-corrected chi connectivity index (χ0v) is 19.1. The van der Waals surface area contributed by atoms with Gasteiger partial charge in [0.25, 0.3) is 5.56 Å². The Morgan fingerprint density at radius 2 is 2.19 bits per heavy atom. The Balaban J connectivity index is 1.32. The minimum absolute atomic E-state index is 0.0704. The van der Waals surface area contributed by atoms with Crippen LogP contribution in [0.25, 0.3) is 0 Å². The molecular formula is C24H27N5O2S. The summed E-state index contributed by atoms with van der Waals surface area (Å²) in [5.74, 6) is 0.174. The Hall–Kier alpha value is -2.97. The average Bonchev–Trinajstić information content (AvgIpc) is 3.49. The van der Waals surface area contributed by atoms with Gasteiger partial charge in [0.2, 0.25) is 5.91 Å². The number of aromatic nitrogens is 2. The van der Waals surface area contributed by atoms with Crippen LogP contribution in [0.4, 0.5) is 5.82 Å². The molecule has 32 heavy (non-hydrogen) atoms. The third kappa shape index (κ3) is 3.84. The van der Waals surface area contributed by atoms with Crippen molar-refractivity contribution in [1.29, 1.82) is 0 Å². The molecule has 0 unspecified atom stereocenters. The average molecular weight is 450 g/mol. The van der Waals surface area contributed by atoms with Gasteiger partial charge in [-0.15, -0.1) is 11.3 Å². The van der Waals surface area contributed by atoms with Crippen LogP contribution in [0.15, 0.2) is 41.3 Å². The van der Waals surface area contributed by atoms with Gasteiger partial charge in [-0.05, 0) is 49.4 Å². The molecule has 3 N–H and O–H groups in total. The van der Waals surface area contributed by atoms with Crippen LogP contribution in [0.5, 0.6) is 0 Å². The molecule has 0 saturated carbocycles. The molecule has 5 rings (SSSR count). The van der Waals surface area contributed by atoms with E-state index in [4.69, 9.17) is 0 Å². The summed E-state index contributed by atoms with van der Waals surface area (Å²) < 4.78 is 1.62. The summed E-state index contributed by atoms with van der Waals surface area (Å²) in [4.78, 5) is 33.1. The van der Waals surface area contributed by atoms with Gasteiger partial charge in [-0.1, -0.05) is 24.3 Å². The first-order valence-electron chi connectivity index (χ1n) is 11.0. The smallest absolute Gasteiger partial charge is 0.294 e. The lowest BCUT2D eigenvalue weighted by atomic mass is 10.0. The van der Waals surface area contributed by atoms with Gasteiger partial charge in [-0.2, -0.15) is 0 Å². The molecule has 1 amide bonds. The molecule has 2 aliphatic heterocycles. The van der Waals surface area contributed by atoms with E-state index in [0.717, 1.165) is 34.8 Å². The SMILES string of the molecule is Cc1ccccc1[C@@H](C)Nc1ncc2n(c1=O)[C@H](C(=O)NCc1cc3c(s1)CNC3)CC2. The van der Waals surface area contributed by atoms with Crippen molar-refractivity contribution < 1.29 is 4.79 Å². The third-order valence-electron chi connectivity index (χ3n) is 6.36. The van der Waals surface area contributed by atoms with E-state index in [-0.39, 0.29) is 23.3 Å². The molecule has 1 aromatic carbocycles. The number of aryl methyl sites for hydroxylation is 2. The van der Waals surface area contributed by atoms with Crippen molar-refractivity contribution in [3.05, 3.63) is 79.0 Å². The molecular weight excluding hydrogens is 422 g/mol. The highest BCUT2D eigenvalue weighted by atomic mass is 32.1. The van der Waals surface area contributed by atoms with E-state index in [0.29, 0.717) is 19.4 Å². The maximum Gasteiger partial charge on any atom is 0.294 e. The van der Waals surface area contributed by atoms with E-state index >= 15 is 0 Å². The first-order chi connectivity index (χ1) is 15.5. The monoisotopic (exact) mass is 449 g/mol. The van der Waals surface area contributed by atoms with Gasteiger partial charge in [0, 0.05) is 34.7 Å². The van der Waals surface area contributed by atoms with Gasteiger partial charge in [-0.3, -0.25) is 14.2 Å². The first-order valence-corrected chi connectivity index (χ1v) is 11.8. The van der Waals surface area contributed by atoms with Crippen LogP contribution in [0.2, 0.25) is 0 Å². The molecule has 7 nitrogen and oxygen atoms in total. The highest BCUT2D eigenvalue weighted by Gasteiger charge is 2.31. The largest absolute Gasteiger partial charge is 0.359 e. The second-order valence-electron chi connectivity index (χ2n) is 8.53. The van der Waals surface area contributed by atoms with Crippen LogP contribution in [0.1, 0.15) is 57.6 Å². The number of thiophene rings is 1. The number of carbonyl (C=O) groups excluding carboxylic acids is 1. The van der Waals surface area contributed by atoms with Gasteiger partial charge in [0.05, 0.1) is 12.6 Å². The second-order valence-corrected chi connectivity index (χ2v) is 9.75. The lowest BCUT2D eigenvalue weighted by molar-refractivity contribution is -0.124. The summed E-state index contributed by atoms with van der Waals surface area (Å²) in [6.45, 7) is 6.37. The van der Waals surface area contributed by atoms with Crippen molar-refractivity contribution in [3.63, 3.8) is 0 Å². The van der Waals surface area contributed by atoms with Gasteiger partial charge in [0.15, 0.2) is 5.82 Å². The van der Waals surface area contributed by atoms with Crippen LogP contribution < -0.4 is 21.5 Å². The molecule has 3 aromatic rings. The highest BCUT2D eigenvalue weighted by Crippen LogP contribution is 2.28. The standard InChI is InChI=1S/C24H27N5O2S/c1-14-5-3-4-6-19(14)15(2)28-22-24(31)29-17(11-26-22)7-8-20(29)23(30)27-12-18-9-16-10-25-13-21(16)32-18/h3-6,9,11,15,20,25H,7-8,10,12-13H2,1-2H3,(H,26,28)(H,27,30)/t15-,20+/m1/s1. The van der Waals surface area contributed by atoms with Crippen molar-refractivity contribution in [2.45, 2.75) is 58.4 Å². The maximum atomic E-state index is 13.2. The van der Waals surface area contributed by atoms with Crippen molar-refractivity contribution in [2.24, 2.45) is 0 Å². The number of benzene rings is 1. The summed E-state index contributed by atoms with van der Waals surface area (Å²) in [5.41, 5.74) is 4.17. The summed E-state index contributed by atoms with van der Waals surface area (Å²) in [6.07, 6.45) is 3.01. The Bertz CT molecular complexity index is 1210. The number of carbonyl (C=O) groups is 1. The number of fused-ring (bicyclic) bond motifs is 2. The number of nitrogens with zero attached hydrogens (tertiary/aromatic N) is 2. The molecule has 0 saturated heterocycles. The molecule has 0 bridgehead atoms. The molecule has 166 valence electrons. The molecule has 0 radical (unpaired) electrons. The molecule has 4 heterocycles. The van der Waals surface area contributed by atoms with E-state index in [2.05, 4.69) is 40.0 Å². The van der Waals surface area contributed by atoms with Gasteiger partial charge in [-0.25, -0.2) is 4.98 Å². The predicted octanol–water partition coefficient (Wildman–Crippen LogP) is 3.19. The summed E-state index contributed by atoms with van der Waals surface area (Å²) >= 11 is 1.74. The minimum Gasteiger partial charge on any atom is -0.359 e. The number of rotatable bonds is 6. The number of anilines is 1. The Kier molecular flexibility index (Phi) is 5.57. The third-order valence-corrected chi connectivity index (χ3v) is 7.53. The molecule has 0 fully saturated rings. The highest BCUT2D eigenvalue weighted by molar-refractivity contribution is 7.12. The number of hydrogen-bond acceptors (Lipinski definition) is 6. The van der Waals surface area contributed by atoms with E-state index in [1.165, 1.54) is 10.4 Å². The van der Waals surface area contributed by atoms with E-state index in [9.17, 15) is 9.59 Å². The van der Waals surface area contributed by atoms with E-state index in [1.54, 1.807) is 22.1 Å². The Morgan fingerprint density at radius 3 is 3.00 bits per heavy atom. The summed E-state index contributed by atoms with van der Waals surface area (Å²) in [6, 6.07) is 9.68. The van der Waals surface area contributed by atoms with Gasteiger partial charge in [0.1, 0.15) is 6.04 Å². The number of amides is 1. The normalized spacial score (nSPS) is 17.6. The first kappa shape index (κ1) is 20.9. The molecule has 2 aromatic heterocycles. The predicted molar refractivity (Wildman–Crippen MR) is 126 cm³/mol. The Labute approximate surface area is 190 Å². The summed E-state index contributed by atoms with van der Waals surface area (Å²) in [5, 5.41) is 9.62. The molecule has 0 spiro atoms. The van der Waals surface area contributed by atoms with Crippen molar-refractivity contribution >= 4 is 23.1 Å². The number of hydrogen-bond donors (Lipinski definition) is 3. The van der Waals surface area contributed by atoms with Crippen LogP contribution in [0, 0.1) is 6.92 Å². The fourth-order valence-corrected chi connectivity index (χ4v) is 5.76. The summed E-state index contributed by atoms with van der Waals surface area (Å²) in [7, 11) is 0. The van der Waals surface area contributed by atoms with Crippen molar-refractivity contribution in [1.82, 2.24) is 20.2 Å². The number of nitrogens with one attached hydrogen (secondary N) is 3. The molecule has 8 heteroatoms. The van der Waals surface area contributed by atoms with Crippen LogP contribution in [-0.4, -0.2) is 15.5 Å². The molecule has 2 atom stereocenters. The van der Waals surface area contributed by atoms with E-state index < -0.39 is 6.04 Å². The maximum absolute atomic E-state index is 13.2. The van der Waals surface area contributed by atoms with Crippen molar-refractivity contribution in [2.75, 3.05) is 5.32 Å². The topological polar surface area (TPSA) is 88.0 Å². The molecule has 2 aliphatic rings. The van der Waals surface area contributed by atoms with E-state index in [1.807, 2.05) is 25.1 Å². The van der Waals surface area contributed by atoms with Crippen LogP contribution in [-0.2, 0) is 30.8 Å². The lowest BCUT2D eigenvalue weighted by Gasteiger charge is -2.19. The lowest BCUT2D eigenvalue weighted by Crippen LogP contribution is -2.36. The molecule has 0 aliphatic carbocycles. The second kappa shape index (κ2) is 8.52. The quantitative estimate of drug-likeness (QED) is 0.538. The zero-order valence-electron chi connectivity index (χ0n) is 18.3. The zero-order chi connectivity index (χ0) is 22.2. The van der Waals surface area contributed by atoms with Crippen molar-refractivity contribution in [3.8, 4) is 0 Å². The van der Waals surface area contributed by atoms with Crippen LogP contribution >= 0.6 is 11.3 Å². The minimum atomic E-state index is -0.497. The van der Waals surface area contributed by atoms with Crippen LogP contribution in [0.3, 0.4) is 0 Å². The Morgan fingerprint density at radius 1 is 1.34 bits per heavy atom. The fourth-order valence-electron chi connectivity index (χ4n) is 4.66. The fraction of sp³-hybridized carbons (Fsp3) is 0.375. The van der Waals surface area contributed by atoms with Gasteiger partial charge >= 0.3 is 0 Å².